The fraction of sp³-hybridized carbons (Fsp3) is 0.250. The van der Waals surface area contributed by atoms with Gasteiger partial charge in [0, 0.05) is 11.1 Å². The molecule has 0 saturated carbocycles. The van der Waals surface area contributed by atoms with Crippen LogP contribution < -0.4 is 5.73 Å². The Morgan fingerprint density at radius 2 is 2.19 bits per heavy atom. The minimum absolute atomic E-state index is 0.0547. The van der Waals surface area contributed by atoms with Gasteiger partial charge in [0.25, 0.3) is 0 Å². The van der Waals surface area contributed by atoms with Crippen molar-refractivity contribution in [1.82, 2.24) is 9.55 Å². The summed E-state index contributed by atoms with van der Waals surface area (Å²) in [6.07, 6.45) is 3.54. The van der Waals surface area contributed by atoms with Gasteiger partial charge in [-0.3, -0.25) is 0 Å². The summed E-state index contributed by atoms with van der Waals surface area (Å²) in [5.74, 6) is 0. The largest absolute Gasteiger partial charge is 0.323 e. The van der Waals surface area contributed by atoms with Crippen LogP contribution in [0.4, 0.5) is 0 Å². The van der Waals surface area contributed by atoms with E-state index in [0.717, 1.165) is 22.0 Å². The molecule has 0 unspecified atom stereocenters. The van der Waals surface area contributed by atoms with Crippen LogP contribution in [0.5, 0.6) is 0 Å². The lowest BCUT2D eigenvalue weighted by Gasteiger charge is -2.13. The van der Waals surface area contributed by atoms with Crippen molar-refractivity contribution in [1.29, 1.82) is 0 Å². The highest BCUT2D eigenvalue weighted by atomic mass is 35.5. The molecule has 3 nitrogen and oxygen atoms in total. The summed E-state index contributed by atoms with van der Waals surface area (Å²) < 4.78 is 1.98. The van der Waals surface area contributed by atoms with Crippen molar-refractivity contribution in [3.05, 3.63) is 47.0 Å². The van der Waals surface area contributed by atoms with E-state index in [-0.39, 0.29) is 6.04 Å². The van der Waals surface area contributed by atoms with Crippen molar-refractivity contribution in [2.24, 2.45) is 5.73 Å². The molecule has 0 amide bonds. The normalized spacial score (nSPS) is 12.8. The minimum Gasteiger partial charge on any atom is -0.323 e. The molecule has 0 aliphatic carbocycles. The Labute approximate surface area is 99.9 Å². The topological polar surface area (TPSA) is 43.8 Å². The van der Waals surface area contributed by atoms with Crippen LogP contribution in [0, 0.1) is 6.92 Å². The summed E-state index contributed by atoms with van der Waals surface area (Å²) in [4.78, 5) is 4.13. The second kappa shape index (κ2) is 4.28. The average Bonchev–Trinajstić information content (AvgIpc) is 2.70. The fourth-order valence-corrected chi connectivity index (χ4v) is 1.87. The summed E-state index contributed by atoms with van der Waals surface area (Å²) in [6, 6.07) is 5.76. The molecular formula is C12H14ClN3. The van der Waals surface area contributed by atoms with E-state index in [1.807, 2.05) is 36.6 Å². The summed E-state index contributed by atoms with van der Waals surface area (Å²) in [5.41, 5.74) is 8.92. The third-order valence-corrected chi connectivity index (χ3v) is 3.04. The number of benzene rings is 1. The minimum atomic E-state index is -0.0547. The van der Waals surface area contributed by atoms with E-state index in [2.05, 4.69) is 4.98 Å². The first-order valence-electron chi connectivity index (χ1n) is 5.14. The second-order valence-electron chi connectivity index (χ2n) is 3.86. The zero-order valence-corrected chi connectivity index (χ0v) is 10.1. The first-order chi connectivity index (χ1) is 7.61. The van der Waals surface area contributed by atoms with Gasteiger partial charge in [-0.05, 0) is 31.5 Å². The molecule has 2 N–H and O–H groups in total. The summed E-state index contributed by atoms with van der Waals surface area (Å²) in [6.45, 7) is 3.93. The molecule has 84 valence electrons. The molecule has 2 rings (SSSR count). The van der Waals surface area contributed by atoms with Crippen LogP contribution in [0.3, 0.4) is 0 Å². The number of aromatic nitrogens is 2. The monoisotopic (exact) mass is 235 g/mol. The van der Waals surface area contributed by atoms with E-state index >= 15 is 0 Å². The molecule has 0 aliphatic rings. The molecule has 0 fully saturated rings. The Kier molecular flexibility index (Phi) is 2.99. The maximum Gasteiger partial charge on any atom is 0.0994 e. The maximum absolute atomic E-state index is 6.10. The van der Waals surface area contributed by atoms with Gasteiger partial charge in [-0.15, -0.1) is 0 Å². The Balaban J connectivity index is 2.59. The van der Waals surface area contributed by atoms with Crippen LogP contribution in [0.25, 0.3) is 5.69 Å². The number of hydrogen-bond donors (Lipinski definition) is 1. The lowest BCUT2D eigenvalue weighted by Crippen LogP contribution is -2.11. The van der Waals surface area contributed by atoms with Crippen molar-refractivity contribution >= 4 is 11.6 Å². The molecule has 0 saturated heterocycles. The quantitative estimate of drug-likeness (QED) is 0.870. The highest BCUT2D eigenvalue weighted by molar-refractivity contribution is 6.31. The Hall–Kier alpha value is -1.32. The zero-order valence-electron chi connectivity index (χ0n) is 9.31. The third kappa shape index (κ3) is 1.84. The molecule has 0 radical (unpaired) electrons. The molecule has 1 heterocycles. The smallest absolute Gasteiger partial charge is 0.0994 e. The van der Waals surface area contributed by atoms with Crippen molar-refractivity contribution in [3.63, 3.8) is 0 Å². The molecule has 16 heavy (non-hydrogen) atoms. The number of rotatable bonds is 2. The van der Waals surface area contributed by atoms with E-state index in [4.69, 9.17) is 17.3 Å². The van der Waals surface area contributed by atoms with E-state index in [0.29, 0.717) is 0 Å². The zero-order chi connectivity index (χ0) is 11.7. The predicted molar refractivity (Wildman–Crippen MR) is 65.9 cm³/mol. The Bertz CT molecular complexity index is 503. The lowest BCUT2D eigenvalue weighted by molar-refractivity contribution is 0.751. The second-order valence-corrected chi connectivity index (χ2v) is 4.27. The SMILES string of the molecule is Cc1c(Cl)cccc1-n1cncc1[C@H](C)N. The summed E-state index contributed by atoms with van der Waals surface area (Å²) >= 11 is 6.10. The lowest BCUT2D eigenvalue weighted by atomic mass is 10.2. The molecule has 1 atom stereocenters. The molecule has 0 spiro atoms. The first-order valence-corrected chi connectivity index (χ1v) is 5.52. The number of hydrogen-bond acceptors (Lipinski definition) is 2. The van der Waals surface area contributed by atoms with Crippen molar-refractivity contribution in [2.45, 2.75) is 19.9 Å². The van der Waals surface area contributed by atoms with Gasteiger partial charge in [-0.25, -0.2) is 4.98 Å². The number of nitrogens with two attached hydrogens (primary N) is 1. The van der Waals surface area contributed by atoms with Crippen molar-refractivity contribution in [3.8, 4) is 5.69 Å². The maximum atomic E-state index is 6.10. The first kappa shape index (κ1) is 11.2. The van der Waals surface area contributed by atoms with Crippen LogP contribution in [0.2, 0.25) is 5.02 Å². The molecule has 1 aromatic heterocycles. The van der Waals surface area contributed by atoms with Crippen molar-refractivity contribution in [2.75, 3.05) is 0 Å². The van der Waals surface area contributed by atoms with Gasteiger partial charge < -0.3 is 10.3 Å². The van der Waals surface area contributed by atoms with Gasteiger partial charge in [0.05, 0.1) is 23.9 Å². The van der Waals surface area contributed by atoms with E-state index in [1.54, 1.807) is 12.5 Å². The molecular weight excluding hydrogens is 222 g/mol. The van der Waals surface area contributed by atoms with Gasteiger partial charge >= 0.3 is 0 Å². The molecule has 4 heteroatoms. The van der Waals surface area contributed by atoms with Crippen LogP contribution in [-0.2, 0) is 0 Å². The molecule has 0 bridgehead atoms. The highest BCUT2D eigenvalue weighted by Crippen LogP contribution is 2.24. The molecule has 0 aliphatic heterocycles. The van der Waals surface area contributed by atoms with Gasteiger partial charge in [0.1, 0.15) is 0 Å². The van der Waals surface area contributed by atoms with E-state index < -0.39 is 0 Å². The Morgan fingerprint density at radius 3 is 2.88 bits per heavy atom. The summed E-state index contributed by atoms with van der Waals surface area (Å²) in [5, 5.41) is 0.752. The number of nitrogens with zero attached hydrogens (tertiary/aromatic N) is 2. The van der Waals surface area contributed by atoms with Gasteiger partial charge in [-0.2, -0.15) is 0 Å². The van der Waals surface area contributed by atoms with E-state index in [9.17, 15) is 0 Å². The summed E-state index contributed by atoms with van der Waals surface area (Å²) in [7, 11) is 0. The van der Waals surface area contributed by atoms with Crippen LogP contribution in [0.15, 0.2) is 30.7 Å². The van der Waals surface area contributed by atoms with Crippen LogP contribution in [0.1, 0.15) is 24.2 Å². The fourth-order valence-electron chi connectivity index (χ4n) is 1.70. The average molecular weight is 236 g/mol. The van der Waals surface area contributed by atoms with Crippen LogP contribution in [-0.4, -0.2) is 9.55 Å². The highest BCUT2D eigenvalue weighted by Gasteiger charge is 2.11. The van der Waals surface area contributed by atoms with Crippen LogP contribution >= 0.6 is 11.6 Å². The van der Waals surface area contributed by atoms with E-state index in [1.165, 1.54) is 0 Å². The predicted octanol–water partition coefficient (Wildman–Crippen LogP) is 2.85. The Morgan fingerprint density at radius 1 is 1.44 bits per heavy atom. The number of halogens is 1. The van der Waals surface area contributed by atoms with Gasteiger partial charge in [0.15, 0.2) is 0 Å². The number of imidazole rings is 1. The molecule has 1 aromatic carbocycles. The van der Waals surface area contributed by atoms with Gasteiger partial charge in [-0.1, -0.05) is 17.7 Å². The molecule has 2 aromatic rings. The van der Waals surface area contributed by atoms with Gasteiger partial charge in [0.2, 0.25) is 0 Å². The van der Waals surface area contributed by atoms with Crippen molar-refractivity contribution < 1.29 is 0 Å². The third-order valence-electron chi connectivity index (χ3n) is 2.63. The standard InChI is InChI=1S/C12H14ClN3/c1-8-10(13)4-3-5-11(8)16-7-15-6-12(16)9(2)14/h3-7,9H,14H2,1-2H3/t9-/m0/s1.